The van der Waals surface area contributed by atoms with Crippen LogP contribution in [0.5, 0.6) is 5.75 Å². The van der Waals surface area contributed by atoms with E-state index in [1.54, 1.807) is 0 Å². The third-order valence-corrected chi connectivity index (χ3v) is 3.20. The van der Waals surface area contributed by atoms with Crippen molar-refractivity contribution in [3.63, 3.8) is 0 Å². The summed E-state index contributed by atoms with van der Waals surface area (Å²) in [5.74, 6) is 0.693. The summed E-state index contributed by atoms with van der Waals surface area (Å²) in [7, 11) is 0. The number of ether oxygens (including phenoxy) is 1. The molecule has 1 aromatic carbocycles. The molecule has 1 amide bonds. The molecule has 0 aliphatic carbocycles. The van der Waals surface area contributed by atoms with Crippen molar-refractivity contribution in [2.45, 2.75) is 52.6 Å². The Kier molecular flexibility index (Phi) is 6.52. The number of carbonyl (C=O) groups excluding carboxylic acids is 1. The molecule has 0 radical (unpaired) electrons. The largest absolute Gasteiger partial charge is 0.483 e. The molecule has 4 nitrogen and oxygen atoms in total. The van der Waals surface area contributed by atoms with E-state index in [0.29, 0.717) is 0 Å². The number of amides is 1. The van der Waals surface area contributed by atoms with Gasteiger partial charge in [-0.15, -0.1) is 0 Å². The molecule has 0 aliphatic rings. The van der Waals surface area contributed by atoms with Gasteiger partial charge in [-0.25, -0.2) is 0 Å². The highest BCUT2D eigenvalue weighted by Gasteiger charge is 2.12. The van der Waals surface area contributed by atoms with Crippen molar-refractivity contribution in [3.05, 3.63) is 29.3 Å². The highest BCUT2D eigenvalue weighted by atomic mass is 16.5. The maximum Gasteiger partial charge on any atom is 0.258 e. The van der Waals surface area contributed by atoms with Crippen LogP contribution in [0.15, 0.2) is 18.2 Å². The summed E-state index contributed by atoms with van der Waals surface area (Å²) in [4.78, 5) is 11.8. The molecule has 112 valence electrons. The zero-order valence-electron chi connectivity index (χ0n) is 12.9. The molecule has 0 bridgehead atoms. The number of rotatable bonds is 7. The van der Waals surface area contributed by atoms with Gasteiger partial charge in [-0.1, -0.05) is 25.1 Å². The summed E-state index contributed by atoms with van der Waals surface area (Å²) < 4.78 is 5.71. The number of hydrogen-bond donors (Lipinski definition) is 2. The lowest BCUT2D eigenvalue weighted by atomic mass is 10.0. The Balaban J connectivity index is 2.69. The van der Waals surface area contributed by atoms with Gasteiger partial charge in [0.15, 0.2) is 6.61 Å². The van der Waals surface area contributed by atoms with Gasteiger partial charge in [0, 0.05) is 12.1 Å². The van der Waals surface area contributed by atoms with E-state index in [1.807, 2.05) is 45.9 Å². The van der Waals surface area contributed by atoms with Gasteiger partial charge in [0.1, 0.15) is 5.75 Å². The van der Waals surface area contributed by atoms with Crippen LogP contribution in [-0.4, -0.2) is 24.6 Å². The van der Waals surface area contributed by atoms with E-state index in [4.69, 9.17) is 10.5 Å². The summed E-state index contributed by atoms with van der Waals surface area (Å²) in [6.07, 6.45) is 1.65. The Labute approximate surface area is 121 Å². The van der Waals surface area contributed by atoms with Gasteiger partial charge in [-0.05, 0) is 44.7 Å². The van der Waals surface area contributed by atoms with Crippen LogP contribution in [0.1, 0.15) is 38.3 Å². The molecule has 2 unspecified atom stereocenters. The average molecular weight is 278 g/mol. The van der Waals surface area contributed by atoms with Crippen LogP contribution >= 0.6 is 0 Å². The van der Waals surface area contributed by atoms with Crippen molar-refractivity contribution in [2.24, 2.45) is 5.73 Å². The lowest BCUT2D eigenvalue weighted by Crippen LogP contribution is -2.35. The van der Waals surface area contributed by atoms with Crippen LogP contribution in [0, 0.1) is 6.92 Å². The monoisotopic (exact) mass is 278 g/mol. The molecule has 20 heavy (non-hydrogen) atoms. The van der Waals surface area contributed by atoms with Crippen LogP contribution in [0.25, 0.3) is 0 Å². The van der Waals surface area contributed by atoms with Crippen LogP contribution in [0.2, 0.25) is 0 Å². The number of nitrogens with one attached hydrogen (secondary N) is 1. The summed E-state index contributed by atoms with van der Waals surface area (Å²) in [6, 6.07) is 6.20. The van der Waals surface area contributed by atoms with Gasteiger partial charge < -0.3 is 15.8 Å². The van der Waals surface area contributed by atoms with Crippen molar-refractivity contribution < 1.29 is 9.53 Å². The van der Waals surface area contributed by atoms with Crippen LogP contribution in [-0.2, 0) is 11.2 Å². The summed E-state index contributed by atoms with van der Waals surface area (Å²) in [5, 5.41) is 2.89. The molecule has 0 aliphatic heterocycles. The van der Waals surface area contributed by atoms with Crippen molar-refractivity contribution in [3.8, 4) is 5.75 Å². The fraction of sp³-hybridized carbons (Fsp3) is 0.562. The van der Waals surface area contributed by atoms with Gasteiger partial charge >= 0.3 is 0 Å². The zero-order valence-corrected chi connectivity index (χ0v) is 12.9. The van der Waals surface area contributed by atoms with E-state index in [9.17, 15) is 4.79 Å². The Hall–Kier alpha value is -1.55. The van der Waals surface area contributed by atoms with E-state index in [0.717, 1.165) is 29.7 Å². The minimum atomic E-state index is -0.0886. The lowest BCUT2D eigenvalue weighted by molar-refractivity contribution is -0.123. The Morgan fingerprint density at radius 2 is 2.10 bits per heavy atom. The molecule has 0 saturated heterocycles. The van der Waals surface area contributed by atoms with Crippen LogP contribution < -0.4 is 15.8 Å². The number of para-hydroxylation sites is 1. The molecular weight excluding hydrogens is 252 g/mol. The standard InChI is InChI=1S/C16H26N2O2/c1-5-13(4)18-15(19)10-20-16-11(2)7-6-8-14(16)9-12(3)17/h6-8,12-13H,5,9-10,17H2,1-4H3,(H,18,19). The van der Waals surface area contributed by atoms with E-state index in [-0.39, 0.29) is 24.6 Å². The molecule has 0 spiro atoms. The minimum Gasteiger partial charge on any atom is -0.483 e. The number of nitrogens with two attached hydrogens (primary N) is 1. The molecule has 1 rings (SSSR count). The second-order valence-corrected chi connectivity index (χ2v) is 5.41. The van der Waals surface area contributed by atoms with E-state index >= 15 is 0 Å². The number of carbonyl (C=O) groups is 1. The molecule has 0 fully saturated rings. The number of hydrogen-bond acceptors (Lipinski definition) is 3. The minimum absolute atomic E-state index is 0.0428. The second kappa shape index (κ2) is 7.90. The molecule has 0 saturated carbocycles. The van der Waals surface area contributed by atoms with Crippen molar-refractivity contribution in [2.75, 3.05) is 6.61 Å². The molecule has 1 aromatic rings. The first-order valence-corrected chi connectivity index (χ1v) is 7.20. The first-order chi connectivity index (χ1) is 9.43. The second-order valence-electron chi connectivity index (χ2n) is 5.41. The van der Waals surface area contributed by atoms with E-state index in [1.165, 1.54) is 0 Å². The Morgan fingerprint density at radius 1 is 1.40 bits per heavy atom. The molecule has 2 atom stereocenters. The third kappa shape index (κ3) is 5.21. The topological polar surface area (TPSA) is 64.3 Å². The van der Waals surface area contributed by atoms with Crippen LogP contribution in [0.3, 0.4) is 0 Å². The Morgan fingerprint density at radius 3 is 2.70 bits per heavy atom. The molecule has 0 heterocycles. The third-order valence-electron chi connectivity index (χ3n) is 3.20. The normalized spacial score (nSPS) is 13.7. The molecule has 4 heteroatoms. The van der Waals surface area contributed by atoms with E-state index < -0.39 is 0 Å². The van der Waals surface area contributed by atoms with Crippen molar-refractivity contribution in [1.29, 1.82) is 0 Å². The van der Waals surface area contributed by atoms with Gasteiger partial charge in [0.05, 0.1) is 0 Å². The van der Waals surface area contributed by atoms with Gasteiger partial charge in [-0.3, -0.25) is 4.79 Å². The fourth-order valence-electron chi connectivity index (χ4n) is 1.98. The summed E-state index contributed by atoms with van der Waals surface area (Å²) >= 11 is 0. The Bertz CT molecular complexity index is 444. The van der Waals surface area contributed by atoms with Gasteiger partial charge in [0.2, 0.25) is 0 Å². The zero-order chi connectivity index (χ0) is 15.1. The summed E-state index contributed by atoms with van der Waals surface area (Å²) in [5.41, 5.74) is 7.93. The van der Waals surface area contributed by atoms with Gasteiger partial charge in [-0.2, -0.15) is 0 Å². The quantitative estimate of drug-likeness (QED) is 0.803. The van der Waals surface area contributed by atoms with Crippen LogP contribution in [0.4, 0.5) is 0 Å². The molecule has 0 aromatic heterocycles. The number of benzene rings is 1. The molecular formula is C16H26N2O2. The highest BCUT2D eigenvalue weighted by molar-refractivity contribution is 5.77. The predicted octanol–water partition coefficient (Wildman–Crippen LogP) is 2.18. The first-order valence-electron chi connectivity index (χ1n) is 7.20. The predicted molar refractivity (Wildman–Crippen MR) is 81.9 cm³/mol. The van der Waals surface area contributed by atoms with E-state index in [2.05, 4.69) is 5.32 Å². The average Bonchev–Trinajstić information content (AvgIpc) is 2.37. The highest BCUT2D eigenvalue weighted by Crippen LogP contribution is 2.24. The molecule has 3 N–H and O–H groups in total. The van der Waals surface area contributed by atoms with Crippen molar-refractivity contribution in [1.82, 2.24) is 5.32 Å². The first kappa shape index (κ1) is 16.5. The lowest BCUT2D eigenvalue weighted by Gasteiger charge is -2.16. The maximum absolute atomic E-state index is 11.8. The fourth-order valence-corrected chi connectivity index (χ4v) is 1.98. The van der Waals surface area contributed by atoms with Crippen molar-refractivity contribution >= 4 is 5.91 Å². The maximum atomic E-state index is 11.8. The SMILES string of the molecule is CCC(C)NC(=O)COc1c(C)cccc1CC(C)N. The number of aryl methyl sites for hydroxylation is 1. The smallest absolute Gasteiger partial charge is 0.258 e. The van der Waals surface area contributed by atoms with Gasteiger partial charge in [0.25, 0.3) is 5.91 Å². The summed E-state index contributed by atoms with van der Waals surface area (Å²) in [6.45, 7) is 8.00.